The van der Waals surface area contributed by atoms with Crippen LogP contribution in [0.3, 0.4) is 0 Å². The lowest BCUT2D eigenvalue weighted by Crippen LogP contribution is -2.39. The molecular formula is C18H18FN3O3. The first-order valence-corrected chi connectivity index (χ1v) is 7.83. The minimum absolute atomic E-state index is 0.116. The average Bonchev–Trinajstić information content (AvgIpc) is 2.96. The molecule has 0 aromatic heterocycles. The van der Waals surface area contributed by atoms with E-state index in [1.807, 2.05) is 0 Å². The number of hydrogen-bond acceptors (Lipinski definition) is 3. The second kappa shape index (κ2) is 7.21. The molecule has 2 N–H and O–H groups in total. The highest BCUT2D eigenvalue weighted by Crippen LogP contribution is 2.24. The Morgan fingerprint density at radius 3 is 2.64 bits per heavy atom. The molecule has 1 aliphatic rings. The van der Waals surface area contributed by atoms with Gasteiger partial charge in [0.25, 0.3) is 0 Å². The summed E-state index contributed by atoms with van der Waals surface area (Å²) in [5, 5.41) is 5.49. The monoisotopic (exact) mass is 343 g/mol. The van der Waals surface area contributed by atoms with Crippen LogP contribution in [-0.4, -0.2) is 31.6 Å². The van der Waals surface area contributed by atoms with E-state index in [0.717, 1.165) is 0 Å². The SMILES string of the molecule is COc1ccccc1NC(=O)NC1CC(=O)N(c2ccc(F)cc2)C1. The molecule has 7 heteroatoms. The molecule has 1 fully saturated rings. The number of ether oxygens (including phenoxy) is 1. The zero-order valence-electron chi connectivity index (χ0n) is 13.7. The molecule has 0 aliphatic carbocycles. The number of benzene rings is 2. The molecule has 0 saturated carbocycles. The number of halogens is 1. The van der Waals surface area contributed by atoms with Crippen LogP contribution in [0, 0.1) is 5.82 Å². The van der Waals surface area contributed by atoms with Crippen LogP contribution in [0.4, 0.5) is 20.6 Å². The van der Waals surface area contributed by atoms with Gasteiger partial charge in [-0.05, 0) is 36.4 Å². The third-order valence-corrected chi connectivity index (χ3v) is 3.95. The predicted molar refractivity (Wildman–Crippen MR) is 92.3 cm³/mol. The standard InChI is InChI=1S/C18H18FN3O3/c1-25-16-5-3-2-4-15(16)21-18(24)20-13-10-17(23)22(11-13)14-8-6-12(19)7-9-14/h2-9,13H,10-11H2,1H3,(H2,20,21,24). The van der Waals surface area contributed by atoms with Crippen molar-refractivity contribution >= 4 is 23.3 Å². The molecule has 130 valence electrons. The summed E-state index contributed by atoms with van der Waals surface area (Å²) in [5.41, 5.74) is 1.16. The van der Waals surface area contributed by atoms with Gasteiger partial charge in [-0.2, -0.15) is 0 Å². The Kier molecular flexibility index (Phi) is 4.83. The van der Waals surface area contributed by atoms with Crippen LogP contribution in [0.1, 0.15) is 6.42 Å². The molecule has 2 aromatic carbocycles. The summed E-state index contributed by atoms with van der Waals surface area (Å²) in [6.45, 7) is 0.337. The van der Waals surface area contributed by atoms with Crippen LogP contribution >= 0.6 is 0 Å². The number of nitrogens with zero attached hydrogens (tertiary/aromatic N) is 1. The first-order valence-electron chi connectivity index (χ1n) is 7.83. The molecule has 0 spiro atoms. The maximum Gasteiger partial charge on any atom is 0.319 e. The molecule has 1 saturated heterocycles. The lowest BCUT2D eigenvalue weighted by atomic mass is 10.2. The number of methoxy groups -OCH3 is 1. The molecule has 1 unspecified atom stereocenters. The largest absolute Gasteiger partial charge is 0.495 e. The van der Waals surface area contributed by atoms with Crippen molar-refractivity contribution in [2.45, 2.75) is 12.5 Å². The van der Waals surface area contributed by atoms with Gasteiger partial charge in [0.2, 0.25) is 5.91 Å². The highest BCUT2D eigenvalue weighted by atomic mass is 19.1. The number of anilines is 2. The lowest BCUT2D eigenvalue weighted by Gasteiger charge is -2.17. The minimum atomic E-state index is -0.414. The maximum atomic E-state index is 13.0. The fraction of sp³-hybridized carbons (Fsp3) is 0.222. The zero-order valence-corrected chi connectivity index (χ0v) is 13.7. The van der Waals surface area contributed by atoms with Crippen molar-refractivity contribution in [1.29, 1.82) is 0 Å². The zero-order chi connectivity index (χ0) is 17.8. The smallest absolute Gasteiger partial charge is 0.319 e. The number of urea groups is 1. The van der Waals surface area contributed by atoms with E-state index >= 15 is 0 Å². The summed E-state index contributed by atoms with van der Waals surface area (Å²) in [6.07, 6.45) is 0.191. The average molecular weight is 343 g/mol. The molecule has 1 aliphatic heterocycles. The number of amides is 3. The summed E-state index contributed by atoms with van der Waals surface area (Å²) in [4.78, 5) is 25.9. The lowest BCUT2D eigenvalue weighted by molar-refractivity contribution is -0.117. The highest BCUT2D eigenvalue weighted by Gasteiger charge is 2.31. The molecular weight excluding hydrogens is 325 g/mol. The van der Waals surface area contributed by atoms with Crippen LogP contribution in [0.2, 0.25) is 0 Å². The number of nitrogens with one attached hydrogen (secondary N) is 2. The van der Waals surface area contributed by atoms with E-state index < -0.39 is 6.03 Å². The van der Waals surface area contributed by atoms with Crippen molar-refractivity contribution in [2.75, 3.05) is 23.9 Å². The fourth-order valence-electron chi connectivity index (χ4n) is 2.77. The molecule has 2 aromatic rings. The van der Waals surface area contributed by atoms with Crippen LogP contribution in [-0.2, 0) is 4.79 Å². The van der Waals surface area contributed by atoms with E-state index in [2.05, 4.69) is 10.6 Å². The van der Waals surface area contributed by atoms with E-state index in [4.69, 9.17) is 4.74 Å². The van der Waals surface area contributed by atoms with Gasteiger partial charge in [-0.25, -0.2) is 9.18 Å². The fourth-order valence-corrected chi connectivity index (χ4v) is 2.77. The molecule has 1 atom stereocenters. The van der Waals surface area contributed by atoms with Gasteiger partial charge in [0.05, 0.1) is 18.8 Å². The third kappa shape index (κ3) is 3.88. The first kappa shape index (κ1) is 16.8. The summed E-state index contributed by atoms with van der Waals surface area (Å²) < 4.78 is 18.2. The van der Waals surface area contributed by atoms with E-state index in [9.17, 15) is 14.0 Å². The van der Waals surface area contributed by atoms with Gasteiger partial charge in [0, 0.05) is 18.7 Å². The second-order valence-corrected chi connectivity index (χ2v) is 5.68. The molecule has 0 bridgehead atoms. The molecule has 0 radical (unpaired) electrons. The summed E-state index contributed by atoms with van der Waals surface area (Å²) in [6, 6.07) is 12.0. The highest BCUT2D eigenvalue weighted by molar-refractivity contribution is 5.97. The van der Waals surface area contributed by atoms with E-state index in [1.165, 1.54) is 24.1 Å². The summed E-state index contributed by atoms with van der Waals surface area (Å²) in [7, 11) is 1.52. The Morgan fingerprint density at radius 2 is 1.92 bits per heavy atom. The van der Waals surface area contributed by atoms with E-state index in [-0.39, 0.29) is 24.2 Å². The predicted octanol–water partition coefficient (Wildman–Crippen LogP) is 2.76. The van der Waals surface area contributed by atoms with Gasteiger partial charge in [-0.15, -0.1) is 0 Å². The van der Waals surface area contributed by atoms with Crippen LogP contribution < -0.4 is 20.3 Å². The van der Waals surface area contributed by atoms with Crippen LogP contribution in [0.25, 0.3) is 0 Å². The molecule has 3 rings (SSSR count). The Morgan fingerprint density at radius 1 is 1.20 bits per heavy atom. The molecule has 3 amide bonds. The van der Waals surface area contributed by atoms with Gasteiger partial charge in [-0.1, -0.05) is 12.1 Å². The van der Waals surface area contributed by atoms with Gasteiger partial charge < -0.3 is 20.3 Å². The Hall–Kier alpha value is -3.09. The third-order valence-electron chi connectivity index (χ3n) is 3.95. The van der Waals surface area contributed by atoms with Crippen molar-refractivity contribution in [3.63, 3.8) is 0 Å². The number of para-hydroxylation sites is 2. The number of hydrogen-bond donors (Lipinski definition) is 2. The minimum Gasteiger partial charge on any atom is -0.495 e. The topological polar surface area (TPSA) is 70.7 Å². The van der Waals surface area contributed by atoms with Crippen molar-refractivity contribution in [3.05, 3.63) is 54.3 Å². The second-order valence-electron chi connectivity index (χ2n) is 5.68. The number of rotatable bonds is 4. The van der Waals surface area contributed by atoms with Gasteiger partial charge >= 0.3 is 6.03 Å². The Labute approximate surface area is 144 Å². The van der Waals surface area contributed by atoms with Gasteiger partial charge in [-0.3, -0.25) is 4.79 Å². The Balaban J connectivity index is 1.61. The number of carbonyl (C=O) groups is 2. The van der Waals surface area contributed by atoms with Gasteiger partial charge in [0.15, 0.2) is 0 Å². The van der Waals surface area contributed by atoms with Crippen molar-refractivity contribution in [3.8, 4) is 5.75 Å². The quantitative estimate of drug-likeness (QED) is 0.897. The normalized spacial score (nSPS) is 16.6. The van der Waals surface area contributed by atoms with E-state index in [1.54, 1.807) is 36.4 Å². The van der Waals surface area contributed by atoms with Crippen LogP contribution in [0.15, 0.2) is 48.5 Å². The van der Waals surface area contributed by atoms with Crippen molar-refractivity contribution in [1.82, 2.24) is 5.32 Å². The summed E-state index contributed by atoms with van der Waals surface area (Å²) in [5.74, 6) is 0.0727. The maximum absolute atomic E-state index is 13.0. The van der Waals surface area contributed by atoms with Crippen LogP contribution in [0.5, 0.6) is 5.75 Å². The molecule has 6 nitrogen and oxygen atoms in total. The van der Waals surface area contributed by atoms with Gasteiger partial charge in [0.1, 0.15) is 11.6 Å². The molecule has 25 heavy (non-hydrogen) atoms. The number of carbonyl (C=O) groups excluding carboxylic acids is 2. The van der Waals surface area contributed by atoms with Crippen molar-refractivity contribution < 1.29 is 18.7 Å². The Bertz CT molecular complexity index is 779. The van der Waals surface area contributed by atoms with E-state index in [0.29, 0.717) is 23.7 Å². The molecule has 1 heterocycles. The van der Waals surface area contributed by atoms with Crippen molar-refractivity contribution in [2.24, 2.45) is 0 Å². The summed E-state index contributed by atoms with van der Waals surface area (Å²) >= 11 is 0. The first-order chi connectivity index (χ1) is 12.1.